The predicted octanol–water partition coefficient (Wildman–Crippen LogP) is 6.43. The van der Waals surface area contributed by atoms with Gasteiger partial charge >= 0.3 is 5.97 Å². The molecule has 0 spiro atoms. The van der Waals surface area contributed by atoms with Crippen LogP contribution in [0.5, 0.6) is 0 Å². The molecule has 1 aromatic carbocycles. The Labute approximate surface area is 210 Å². The quantitative estimate of drug-likeness (QED) is 0.198. The van der Waals surface area contributed by atoms with Crippen LogP contribution in [0.2, 0.25) is 0 Å². The maximum Gasteiger partial charge on any atom is 0.332 e. The molecule has 0 amide bonds. The second kappa shape index (κ2) is 11.9. The topological polar surface area (TPSA) is 53.4 Å². The van der Waals surface area contributed by atoms with Gasteiger partial charge in [0, 0.05) is 12.1 Å². The summed E-state index contributed by atoms with van der Waals surface area (Å²) in [7, 11) is 0. The van der Waals surface area contributed by atoms with Crippen LogP contribution in [0.15, 0.2) is 35.4 Å². The van der Waals surface area contributed by atoms with Crippen molar-refractivity contribution in [2.75, 3.05) is 19.0 Å². The fourth-order valence-electron chi connectivity index (χ4n) is 4.11. The summed E-state index contributed by atoms with van der Waals surface area (Å²) in [5.41, 5.74) is 1.81. The van der Waals surface area contributed by atoms with Crippen LogP contribution < -0.4 is 0 Å². The molecule has 0 bridgehead atoms. The molecule has 1 aliphatic rings. The number of aromatic nitrogens is 2. The third-order valence-corrected chi connectivity index (χ3v) is 7.93. The minimum atomic E-state index is -0.460. The molecular formula is C25H35IN2O3S. The van der Waals surface area contributed by atoms with Gasteiger partial charge in [-0.1, -0.05) is 37.3 Å². The Balaban J connectivity index is 1.52. The molecule has 0 atom stereocenters. The minimum Gasteiger partial charge on any atom is -0.458 e. The monoisotopic (exact) mass is 570 g/mol. The molecule has 3 rings (SSSR count). The number of halogens is 1. The molecule has 176 valence electrons. The standard InChI is InChI=1S/C25H35IN2O3S/c1-5-32-24-22(26)23(20-9-7-6-8-10-20)27-28(24)15-18-11-13-19(14-12-18)16-30-17-21(29)31-25(2,3)4/h6-10,18-19H,5,11-17H2,1-4H3/t18-,19-. The van der Waals surface area contributed by atoms with Crippen LogP contribution >= 0.6 is 34.4 Å². The van der Waals surface area contributed by atoms with E-state index in [2.05, 4.69) is 58.5 Å². The molecule has 0 radical (unpaired) electrons. The molecule has 1 heterocycles. The summed E-state index contributed by atoms with van der Waals surface area (Å²) in [5.74, 6) is 1.91. The zero-order chi connectivity index (χ0) is 23.1. The van der Waals surface area contributed by atoms with Gasteiger partial charge in [0.15, 0.2) is 0 Å². The number of thioether (sulfide) groups is 1. The highest BCUT2D eigenvalue weighted by atomic mass is 127. The van der Waals surface area contributed by atoms with Gasteiger partial charge < -0.3 is 9.47 Å². The molecule has 32 heavy (non-hydrogen) atoms. The van der Waals surface area contributed by atoms with E-state index >= 15 is 0 Å². The number of ether oxygens (including phenoxy) is 2. The fraction of sp³-hybridized carbons (Fsp3) is 0.600. The van der Waals surface area contributed by atoms with Gasteiger partial charge in [-0.3, -0.25) is 4.68 Å². The lowest BCUT2D eigenvalue weighted by molar-refractivity contribution is -0.160. The van der Waals surface area contributed by atoms with Crippen molar-refractivity contribution >= 4 is 40.3 Å². The summed E-state index contributed by atoms with van der Waals surface area (Å²) in [6.07, 6.45) is 4.62. The van der Waals surface area contributed by atoms with Crippen LogP contribution in [0.25, 0.3) is 11.3 Å². The molecule has 1 aliphatic carbocycles. The van der Waals surface area contributed by atoms with Crippen molar-refractivity contribution in [3.05, 3.63) is 33.9 Å². The third-order valence-electron chi connectivity index (χ3n) is 5.57. The van der Waals surface area contributed by atoms with E-state index in [4.69, 9.17) is 14.6 Å². The highest BCUT2D eigenvalue weighted by Crippen LogP contribution is 2.36. The van der Waals surface area contributed by atoms with E-state index in [-0.39, 0.29) is 12.6 Å². The minimum absolute atomic E-state index is 0.0444. The molecule has 1 fully saturated rings. The first-order chi connectivity index (χ1) is 15.3. The molecule has 2 aromatic rings. The zero-order valence-electron chi connectivity index (χ0n) is 19.6. The Morgan fingerprint density at radius 1 is 1.16 bits per heavy atom. The van der Waals surface area contributed by atoms with Crippen molar-refractivity contribution in [1.29, 1.82) is 0 Å². The molecule has 5 nitrogen and oxygen atoms in total. The van der Waals surface area contributed by atoms with Crippen LogP contribution in [-0.4, -0.2) is 40.3 Å². The number of rotatable bonds is 9. The van der Waals surface area contributed by atoms with E-state index < -0.39 is 5.60 Å². The largest absolute Gasteiger partial charge is 0.458 e. The average Bonchev–Trinajstić information content (AvgIpc) is 3.04. The van der Waals surface area contributed by atoms with E-state index in [0.29, 0.717) is 18.4 Å². The van der Waals surface area contributed by atoms with Crippen molar-refractivity contribution in [1.82, 2.24) is 9.78 Å². The molecule has 0 unspecified atom stereocenters. The summed E-state index contributed by atoms with van der Waals surface area (Å²) in [4.78, 5) is 11.8. The van der Waals surface area contributed by atoms with Crippen molar-refractivity contribution in [3.63, 3.8) is 0 Å². The number of carbonyl (C=O) groups excluding carboxylic acids is 1. The number of benzene rings is 1. The van der Waals surface area contributed by atoms with Crippen LogP contribution in [0.3, 0.4) is 0 Å². The van der Waals surface area contributed by atoms with Gasteiger partial charge in [0.05, 0.1) is 10.2 Å². The SMILES string of the molecule is CCSc1c(I)c(-c2ccccc2)nn1C[C@H]1CC[C@H](COCC(=O)OC(C)(C)C)CC1. The van der Waals surface area contributed by atoms with Crippen LogP contribution in [0.1, 0.15) is 53.4 Å². The lowest BCUT2D eigenvalue weighted by Gasteiger charge is -2.28. The molecule has 0 aliphatic heterocycles. The highest BCUT2D eigenvalue weighted by Gasteiger charge is 2.25. The normalized spacial score (nSPS) is 19.2. The molecule has 0 saturated heterocycles. The Bertz CT molecular complexity index is 871. The maximum absolute atomic E-state index is 11.8. The van der Waals surface area contributed by atoms with Gasteiger partial charge in [0.2, 0.25) is 0 Å². The smallest absolute Gasteiger partial charge is 0.332 e. The van der Waals surface area contributed by atoms with Crippen LogP contribution in [0.4, 0.5) is 0 Å². The average molecular weight is 571 g/mol. The number of carbonyl (C=O) groups is 1. The summed E-state index contributed by atoms with van der Waals surface area (Å²) < 4.78 is 14.5. The predicted molar refractivity (Wildman–Crippen MR) is 139 cm³/mol. The Kier molecular flexibility index (Phi) is 9.49. The van der Waals surface area contributed by atoms with Crippen molar-refractivity contribution in [3.8, 4) is 11.3 Å². The Morgan fingerprint density at radius 3 is 2.44 bits per heavy atom. The zero-order valence-corrected chi connectivity index (χ0v) is 22.6. The van der Waals surface area contributed by atoms with E-state index in [9.17, 15) is 4.79 Å². The Hall–Kier alpha value is -1.06. The lowest BCUT2D eigenvalue weighted by Crippen LogP contribution is -2.28. The first-order valence-corrected chi connectivity index (χ1v) is 13.6. The van der Waals surface area contributed by atoms with E-state index in [0.717, 1.165) is 30.8 Å². The molecule has 1 aromatic heterocycles. The van der Waals surface area contributed by atoms with E-state index in [1.54, 1.807) is 0 Å². The van der Waals surface area contributed by atoms with Gasteiger partial charge in [0.1, 0.15) is 22.9 Å². The van der Waals surface area contributed by atoms with Gasteiger partial charge in [-0.15, -0.1) is 11.8 Å². The van der Waals surface area contributed by atoms with Crippen LogP contribution in [-0.2, 0) is 20.8 Å². The number of esters is 1. The number of hydrogen-bond acceptors (Lipinski definition) is 5. The second-order valence-electron chi connectivity index (χ2n) is 9.44. The third kappa shape index (κ3) is 7.48. The second-order valence-corrected chi connectivity index (χ2v) is 11.8. The summed E-state index contributed by atoms with van der Waals surface area (Å²) in [6.45, 7) is 9.48. The summed E-state index contributed by atoms with van der Waals surface area (Å²) in [5, 5.41) is 6.31. The summed E-state index contributed by atoms with van der Waals surface area (Å²) in [6, 6.07) is 10.5. The highest BCUT2D eigenvalue weighted by molar-refractivity contribution is 14.1. The summed E-state index contributed by atoms with van der Waals surface area (Å²) >= 11 is 4.34. The van der Waals surface area contributed by atoms with Gasteiger partial charge in [-0.2, -0.15) is 5.10 Å². The maximum atomic E-state index is 11.8. The van der Waals surface area contributed by atoms with Gasteiger partial charge in [-0.25, -0.2) is 4.79 Å². The molecular weight excluding hydrogens is 535 g/mol. The molecule has 1 saturated carbocycles. The first-order valence-electron chi connectivity index (χ1n) is 11.5. The van der Waals surface area contributed by atoms with Crippen LogP contribution in [0, 0.1) is 15.4 Å². The molecule has 0 N–H and O–H groups in total. The van der Waals surface area contributed by atoms with E-state index in [1.807, 2.05) is 38.6 Å². The number of nitrogens with zero attached hydrogens (tertiary/aromatic N) is 2. The first kappa shape index (κ1) is 25.6. The van der Waals surface area contributed by atoms with Gasteiger partial charge in [-0.05, 0) is 86.6 Å². The molecule has 7 heteroatoms. The van der Waals surface area contributed by atoms with Crippen molar-refractivity contribution in [2.45, 2.75) is 70.6 Å². The van der Waals surface area contributed by atoms with E-state index in [1.165, 1.54) is 27.0 Å². The van der Waals surface area contributed by atoms with Gasteiger partial charge in [0.25, 0.3) is 0 Å². The van der Waals surface area contributed by atoms with Crippen molar-refractivity contribution in [2.24, 2.45) is 11.8 Å². The lowest BCUT2D eigenvalue weighted by atomic mass is 9.82. The number of hydrogen-bond donors (Lipinski definition) is 0. The Morgan fingerprint density at radius 2 is 1.81 bits per heavy atom. The van der Waals surface area contributed by atoms with Crippen molar-refractivity contribution < 1.29 is 14.3 Å². The fourth-order valence-corrected chi connectivity index (χ4v) is 6.03.